The zero-order chi connectivity index (χ0) is 11.8. The highest BCUT2D eigenvalue weighted by Crippen LogP contribution is 2.18. The van der Waals surface area contributed by atoms with Gasteiger partial charge in [0.15, 0.2) is 0 Å². The maximum absolute atomic E-state index is 5.33. The summed E-state index contributed by atoms with van der Waals surface area (Å²) in [7, 11) is 3.65. The van der Waals surface area contributed by atoms with Gasteiger partial charge in [-0.15, -0.1) is 0 Å². The van der Waals surface area contributed by atoms with E-state index < -0.39 is 0 Å². The van der Waals surface area contributed by atoms with Crippen molar-refractivity contribution in [2.75, 3.05) is 20.7 Å². The summed E-state index contributed by atoms with van der Waals surface area (Å²) in [5.74, 6) is 0.794. The predicted octanol–water partition coefficient (Wildman–Crippen LogP) is 2.19. The molecule has 0 fully saturated rings. The maximum Gasteiger partial charge on any atom is 0.216 e. The lowest BCUT2D eigenvalue weighted by molar-refractivity contribution is 0.390. The molecule has 0 bridgehead atoms. The van der Waals surface area contributed by atoms with Gasteiger partial charge in [-0.05, 0) is 26.0 Å². The van der Waals surface area contributed by atoms with Gasteiger partial charge in [-0.2, -0.15) is 0 Å². The van der Waals surface area contributed by atoms with Gasteiger partial charge in [0.05, 0.1) is 7.11 Å². The van der Waals surface area contributed by atoms with Gasteiger partial charge in [-0.25, -0.2) is 4.98 Å². The molecule has 0 spiro atoms. The van der Waals surface area contributed by atoms with Crippen molar-refractivity contribution in [2.45, 2.75) is 32.6 Å². The fourth-order valence-electron chi connectivity index (χ4n) is 1.63. The molecule has 0 saturated heterocycles. The van der Waals surface area contributed by atoms with Crippen LogP contribution in [-0.4, -0.2) is 25.7 Å². The minimum absolute atomic E-state index is 0.794. The second-order valence-electron chi connectivity index (χ2n) is 3.93. The number of ether oxygens (including phenoxy) is 1. The van der Waals surface area contributed by atoms with Crippen LogP contribution in [0.3, 0.4) is 0 Å². The van der Waals surface area contributed by atoms with Crippen LogP contribution in [0.15, 0.2) is 12.1 Å². The van der Waals surface area contributed by atoms with Gasteiger partial charge in [-0.1, -0.05) is 19.4 Å². The quantitative estimate of drug-likeness (QED) is 0.768. The van der Waals surface area contributed by atoms with Gasteiger partial charge in [0.1, 0.15) is 0 Å². The summed E-state index contributed by atoms with van der Waals surface area (Å²) in [6.07, 6.45) is 4.39. The van der Waals surface area contributed by atoms with Crippen LogP contribution in [0.25, 0.3) is 0 Å². The van der Waals surface area contributed by atoms with E-state index in [9.17, 15) is 0 Å². The molecule has 1 aromatic heterocycles. The summed E-state index contributed by atoms with van der Waals surface area (Å²) in [6.45, 7) is 3.14. The number of likely N-dealkylation sites (N-methyl/N-ethyl adjacent to an activating group) is 1. The van der Waals surface area contributed by atoms with E-state index in [-0.39, 0.29) is 0 Å². The molecule has 90 valence electrons. The average molecular weight is 222 g/mol. The number of hydrogen-bond acceptors (Lipinski definition) is 3. The molecular weight excluding hydrogens is 200 g/mol. The van der Waals surface area contributed by atoms with Crippen molar-refractivity contribution >= 4 is 0 Å². The van der Waals surface area contributed by atoms with E-state index in [2.05, 4.69) is 29.4 Å². The van der Waals surface area contributed by atoms with Crippen molar-refractivity contribution in [3.63, 3.8) is 0 Å². The Morgan fingerprint density at radius 2 is 2.12 bits per heavy atom. The Kier molecular flexibility index (Phi) is 5.86. The Morgan fingerprint density at radius 1 is 1.31 bits per heavy atom. The maximum atomic E-state index is 5.33. The molecule has 0 radical (unpaired) electrons. The number of nitrogens with one attached hydrogen (secondary N) is 1. The molecule has 0 amide bonds. The summed E-state index contributed by atoms with van der Waals surface area (Å²) < 4.78 is 5.33. The number of aryl methyl sites for hydroxylation is 1. The fourth-order valence-corrected chi connectivity index (χ4v) is 1.63. The van der Waals surface area contributed by atoms with Crippen LogP contribution in [0.1, 0.15) is 31.0 Å². The van der Waals surface area contributed by atoms with E-state index in [1.807, 2.05) is 7.05 Å². The minimum Gasteiger partial charge on any atom is -0.481 e. The van der Waals surface area contributed by atoms with Gasteiger partial charge in [0.25, 0.3) is 0 Å². The lowest BCUT2D eigenvalue weighted by Crippen LogP contribution is -2.11. The van der Waals surface area contributed by atoms with Crippen LogP contribution >= 0.6 is 0 Å². The number of hydrogen-bond donors (Lipinski definition) is 1. The van der Waals surface area contributed by atoms with E-state index >= 15 is 0 Å². The summed E-state index contributed by atoms with van der Waals surface area (Å²) in [6, 6.07) is 4.25. The number of methoxy groups -OCH3 is 1. The summed E-state index contributed by atoms with van der Waals surface area (Å²) in [4.78, 5) is 4.52. The summed E-state index contributed by atoms with van der Waals surface area (Å²) in [5.41, 5.74) is 2.31. The Labute approximate surface area is 98.2 Å². The Hall–Kier alpha value is -1.09. The zero-order valence-electron chi connectivity index (χ0n) is 10.5. The monoisotopic (exact) mass is 222 g/mol. The van der Waals surface area contributed by atoms with E-state index in [1.165, 1.54) is 18.4 Å². The zero-order valence-corrected chi connectivity index (χ0v) is 10.5. The Balaban J connectivity index is 2.71. The molecule has 1 rings (SSSR count). The molecule has 0 unspecified atom stereocenters. The summed E-state index contributed by atoms with van der Waals surface area (Å²) in [5, 5.41) is 3.12. The van der Waals surface area contributed by atoms with E-state index in [0.717, 1.165) is 31.0 Å². The SMILES string of the molecule is CCCCc1ccc(CCNC)nc1OC. The third-order valence-corrected chi connectivity index (χ3v) is 2.62. The molecule has 0 saturated carbocycles. The minimum atomic E-state index is 0.794. The fraction of sp³-hybridized carbons (Fsp3) is 0.615. The van der Waals surface area contributed by atoms with Gasteiger partial charge in [0.2, 0.25) is 5.88 Å². The molecule has 1 heterocycles. The second kappa shape index (κ2) is 7.23. The van der Waals surface area contributed by atoms with E-state index in [1.54, 1.807) is 7.11 Å². The van der Waals surface area contributed by atoms with Crippen molar-refractivity contribution in [1.29, 1.82) is 0 Å². The first kappa shape index (κ1) is 13.0. The van der Waals surface area contributed by atoms with Crippen LogP contribution in [0, 0.1) is 0 Å². The predicted molar refractivity (Wildman–Crippen MR) is 67.0 cm³/mol. The van der Waals surface area contributed by atoms with Crippen LogP contribution in [-0.2, 0) is 12.8 Å². The third kappa shape index (κ3) is 3.81. The van der Waals surface area contributed by atoms with E-state index in [4.69, 9.17) is 4.74 Å². The molecule has 3 heteroatoms. The standard InChI is InChI=1S/C13H22N2O/c1-4-5-6-11-7-8-12(9-10-14-2)15-13(11)16-3/h7-8,14H,4-6,9-10H2,1-3H3. The van der Waals surface area contributed by atoms with Crippen LogP contribution in [0.4, 0.5) is 0 Å². The van der Waals surface area contributed by atoms with Gasteiger partial charge in [-0.3, -0.25) is 0 Å². The number of aromatic nitrogens is 1. The molecule has 0 aromatic carbocycles. The summed E-state index contributed by atoms with van der Waals surface area (Å²) >= 11 is 0. The van der Waals surface area contributed by atoms with Gasteiger partial charge in [0, 0.05) is 24.2 Å². The molecule has 3 nitrogen and oxygen atoms in total. The molecule has 0 aliphatic rings. The van der Waals surface area contributed by atoms with E-state index in [0.29, 0.717) is 0 Å². The molecule has 0 aliphatic heterocycles. The van der Waals surface area contributed by atoms with Crippen molar-refractivity contribution in [3.8, 4) is 5.88 Å². The van der Waals surface area contributed by atoms with Crippen molar-refractivity contribution in [1.82, 2.24) is 10.3 Å². The number of rotatable bonds is 7. The van der Waals surface area contributed by atoms with Crippen molar-refractivity contribution < 1.29 is 4.74 Å². The molecule has 16 heavy (non-hydrogen) atoms. The molecule has 1 N–H and O–H groups in total. The molecular formula is C13H22N2O. The van der Waals surface area contributed by atoms with Crippen LogP contribution < -0.4 is 10.1 Å². The first-order valence-electron chi connectivity index (χ1n) is 5.99. The highest BCUT2D eigenvalue weighted by molar-refractivity contribution is 5.28. The highest BCUT2D eigenvalue weighted by Gasteiger charge is 2.05. The first-order chi connectivity index (χ1) is 7.81. The smallest absolute Gasteiger partial charge is 0.216 e. The molecule has 0 atom stereocenters. The molecule has 0 aliphatic carbocycles. The van der Waals surface area contributed by atoms with Crippen molar-refractivity contribution in [2.24, 2.45) is 0 Å². The van der Waals surface area contributed by atoms with Gasteiger partial charge >= 0.3 is 0 Å². The molecule has 1 aromatic rings. The highest BCUT2D eigenvalue weighted by atomic mass is 16.5. The van der Waals surface area contributed by atoms with Crippen molar-refractivity contribution in [3.05, 3.63) is 23.4 Å². The average Bonchev–Trinajstić information content (AvgIpc) is 2.34. The largest absolute Gasteiger partial charge is 0.481 e. The number of unbranched alkanes of at least 4 members (excludes halogenated alkanes) is 1. The lowest BCUT2D eigenvalue weighted by Gasteiger charge is -2.09. The number of pyridine rings is 1. The van der Waals surface area contributed by atoms with Gasteiger partial charge < -0.3 is 10.1 Å². The second-order valence-corrected chi connectivity index (χ2v) is 3.93. The Morgan fingerprint density at radius 3 is 2.75 bits per heavy atom. The first-order valence-corrected chi connectivity index (χ1v) is 5.99. The third-order valence-electron chi connectivity index (χ3n) is 2.62. The van der Waals surface area contributed by atoms with Crippen LogP contribution in [0.5, 0.6) is 5.88 Å². The lowest BCUT2D eigenvalue weighted by atomic mass is 10.1. The normalized spacial score (nSPS) is 10.4. The number of nitrogens with zero attached hydrogens (tertiary/aromatic N) is 1. The van der Waals surface area contributed by atoms with Crippen LogP contribution in [0.2, 0.25) is 0 Å². The topological polar surface area (TPSA) is 34.2 Å². The Bertz CT molecular complexity index is 313.